The molecule has 0 saturated carbocycles. The summed E-state index contributed by atoms with van der Waals surface area (Å²) in [5, 5.41) is 9.72. The lowest BCUT2D eigenvalue weighted by molar-refractivity contribution is 0.0764. The molecule has 1 fully saturated rings. The Kier molecular flexibility index (Phi) is 4.18. The highest BCUT2D eigenvalue weighted by Crippen LogP contribution is 2.34. The van der Waals surface area contributed by atoms with Crippen LogP contribution < -0.4 is 4.74 Å². The van der Waals surface area contributed by atoms with Crippen molar-refractivity contribution in [1.82, 2.24) is 4.90 Å². The van der Waals surface area contributed by atoms with E-state index in [1.807, 2.05) is 0 Å². The van der Waals surface area contributed by atoms with Gasteiger partial charge in [0.2, 0.25) is 0 Å². The highest BCUT2D eigenvalue weighted by Gasteiger charge is 2.34. The molecule has 104 valence electrons. The number of alkyl halides is 1. The number of nitrogens with zero attached hydrogens (tertiary/aromatic N) is 1. The summed E-state index contributed by atoms with van der Waals surface area (Å²) in [6, 6.07) is 2.82. The van der Waals surface area contributed by atoms with Gasteiger partial charge in [-0.2, -0.15) is 0 Å². The van der Waals surface area contributed by atoms with Gasteiger partial charge >= 0.3 is 0 Å². The number of halogens is 3. The minimum atomic E-state index is -1.42. The largest absolute Gasteiger partial charge is 0.494 e. The Bertz CT molecular complexity index is 479. The molecular formula is C12H12Cl2FNO3. The number of carbonyl (C=O) groups excluding carboxylic acids is 1. The van der Waals surface area contributed by atoms with Gasteiger partial charge in [-0.3, -0.25) is 4.79 Å². The number of methoxy groups -OCH3 is 1. The maximum Gasteiger partial charge on any atom is 0.254 e. The number of rotatable bonds is 2. The normalized spacial score (nSPS) is 22.7. The molecule has 1 N–H and O–H groups in total. The average Bonchev–Trinajstić information content (AvgIpc) is 2.68. The topological polar surface area (TPSA) is 49.8 Å². The van der Waals surface area contributed by atoms with E-state index in [9.17, 15) is 14.3 Å². The van der Waals surface area contributed by atoms with Crippen LogP contribution in [0.25, 0.3) is 0 Å². The number of β-amino-alcohol motifs (C(OH)–C–C–N with tert-alkyl or cyclic N) is 1. The molecule has 19 heavy (non-hydrogen) atoms. The van der Waals surface area contributed by atoms with Gasteiger partial charge in [-0.25, -0.2) is 4.39 Å². The Morgan fingerprint density at radius 3 is 2.42 bits per heavy atom. The lowest BCUT2D eigenvalue weighted by Crippen LogP contribution is -2.29. The first-order valence-corrected chi connectivity index (χ1v) is 6.34. The predicted octanol–water partition coefficient (Wildman–Crippen LogP) is 2.16. The number of aliphatic hydroxyl groups is 1. The molecule has 0 spiro atoms. The molecule has 0 unspecified atom stereocenters. The van der Waals surface area contributed by atoms with Crippen molar-refractivity contribution in [2.24, 2.45) is 0 Å². The first-order chi connectivity index (χ1) is 8.93. The minimum absolute atomic E-state index is 0.0404. The summed E-state index contributed by atoms with van der Waals surface area (Å²) in [6.45, 7) is -0.178. The second kappa shape index (κ2) is 5.53. The second-order valence-corrected chi connectivity index (χ2v) is 5.08. The molecule has 1 saturated heterocycles. The number of benzene rings is 1. The Labute approximate surface area is 119 Å². The zero-order chi connectivity index (χ0) is 14.2. The molecule has 2 atom stereocenters. The quantitative estimate of drug-likeness (QED) is 0.911. The van der Waals surface area contributed by atoms with E-state index in [1.165, 1.54) is 24.1 Å². The van der Waals surface area contributed by atoms with Gasteiger partial charge in [0.15, 0.2) is 5.75 Å². The van der Waals surface area contributed by atoms with Gasteiger partial charge in [-0.15, -0.1) is 0 Å². The molecule has 1 heterocycles. The summed E-state index contributed by atoms with van der Waals surface area (Å²) in [5.74, 6) is -0.143. The van der Waals surface area contributed by atoms with E-state index < -0.39 is 18.2 Å². The van der Waals surface area contributed by atoms with Crippen molar-refractivity contribution in [1.29, 1.82) is 0 Å². The van der Waals surface area contributed by atoms with Gasteiger partial charge < -0.3 is 14.7 Å². The molecule has 2 rings (SSSR count). The molecular weight excluding hydrogens is 296 g/mol. The molecule has 7 heteroatoms. The van der Waals surface area contributed by atoms with Crippen molar-refractivity contribution in [3.05, 3.63) is 27.7 Å². The van der Waals surface area contributed by atoms with Crippen molar-refractivity contribution in [3.8, 4) is 5.75 Å². The average molecular weight is 308 g/mol. The summed E-state index contributed by atoms with van der Waals surface area (Å²) >= 11 is 11.9. The lowest BCUT2D eigenvalue weighted by atomic mass is 10.2. The summed E-state index contributed by atoms with van der Waals surface area (Å²) in [5.41, 5.74) is 0.233. The fourth-order valence-electron chi connectivity index (χ4n) is 1.97. The summed E-state index contributed by atoms with van der Waals surface area (Å²) in [7, 11) is 1.42. The highest BCUT2D eigenvalue weighted by molar-refractivity contribution is 6.37. The summed E-state index contributed by atoms with van der Waals surface area (Å²) in [6.07, 6.45) is -2.57. The van der Waals surface area contributed by atoms with Gasteiger partial charge in [-0.1, -0.05) is 23.2 Å². The summed E-state index contributed by atoms with van der Waals surface area (Å²) < 4.78 is 18.2. The Balaban J connectivity index is 2.25. The first-order valence-electron chi connectivity index (χ1n) is 5.58. The van der Waals surface area contributed by atoms with Crippen LogP contribution in [0.1, 0.15) is 10.4 Å². The van der Waals surface area contributed by atoms with Gasteiger partial charge in [0.05, 0.1) is 23.7 Å². The zero-order valence-electron chi connectivity index (χ0n) is 10.1. The molecule has 1 aromatic rings. The third-order valence-electron chi connectivity index (χ3n) is 2.96. The van der Waals surface area contributed by atoms with Crippen LogP contribution in [0.2, 0.25) is 10.0 Å². The van der Waals surface area contributed by atoms with E-state index in [1.54, 1.807) is 0 Å². The number of aliphatic hydroxyl groups excluding tert-OH is 1. The van der Waals surface area contributed by atoms with E-state index in [-0.39, 0.29) is 34.4 Å². The molecule has 0 radical (unpaired) electrons. The third kappa shape index (κ3) is 2.78. The van der Waals surface area contributed by atoms with E-state index >= 15 is 0 Å². The number of hydrogen-bond donors (Lipinski definition) is 1. The number of ether oxygens (including phenoxy) is 1. The number of likely N-dealkylation sites (tertiary alicyclic amines) is 1. The Morgan fingerprint density at radius 2 is 2.00 bits per heavy atom. The van der Waals surface area contributed by atoms with Gasteiger partial charge in [0.25, 0.3) is 5.91 Å². The zero-order valence-corrected chi connectivity index (χ0v) is 11.6. The molecule has 1 amide bonds. The standard InChI is InChI=1S/C12H12Cl2FNO3/c1-19-11-7(13)2-6(3-8(11)14)12(18)16-4-9(15)10(17)5-16/h2-3,9-10,17H,4-5H2,1H3/t9-,10-/m1/s1. The van der Waals surface area contributed by atoms with E-state index in [0.717, 1.165) is 0 Å². The maximum absolute atomic E-state index is 13.2. The van der Waals surface area contributed by atoms with Crippen molar-refractivity contribution >= 4 is 29.1 Å². The van der Waals surface area contributed by atoms with Crippen molar-refractivity contribution < 1.29 is 19.0 Å². The molecule has 0 aromatic heterocycles. The molecule has 0 aliphatic carbocycles. The smallest absolute Gasteiger partial charge is 0.254 e. The van der Waals surface area contributed by atoms with E-state index in [4.69, 9.17) is 27.9 Å². The van der Waals surface area contributed by atoms with Crippen LogP contribution >= 0.6 is 23.2 Å². The van der Waals surface area contributed by atoms with E-state index in [2.05, 4.69) is 0 Å². The van der Waals surface area contributed by atoms with Gasteiger partial charge in [-0.05, 0) is 12.1 Å². The molecule has 0 bridgehead atoms. The van der Waals surface area contributed by atoms with Crippen molar-refractivity contribution in [3.63, 3.8) is 0 Å². The van der Waals surface area contributed by atoms with Crippen LogP contribution in [-0.4, -0.2) is 48.4 Å². The fraction of sp³-hybridized carbons (Fsp3) is 0.417. The fourth-order valence-corrected chi connectivity index (χ4v) is 2.62. The minimum Gasteiger partial charge on any atom is -0.494 e. The maximum atomic E-state index is 13.2. The van der Waals surface area contributed by atoms with Crippen molar-refractivity contribution in [2.75, 3.05) is 20.2 Å². The highest BCUT2D eigenvalue weighted by atomic mass is 35.5. The molecule has 1 aliphatic heterocycles. The van der Waals surface area contributed by atoms with Crippen LogP contribution in [0.3, 0.4) is 0 Å². The van der Waals surface area contributed by atoms with Crippen molar-refractivity contribution in [2.45, 2.75) is 12.3 Å². The third-order valence-corrected chi connectivity index (χ3v) is 3.52. The second-order valence-electron chi connectivity index (χ2n) is 4.27. The van der Waals surface area contributed by atoms with Crippen LogP contribution in [0.15, 0.2) is 12.1 Å². The Hall–Kier alpha value is -1.04. The van der Waals surface area contributed by atoms with Gasteiger partial charge in [0.1, 0.15) is 12.3 Å². The monoisotopic (exact) mass is 307 g/mol. The Morgan fingerprint density at radius 1 is 1.42 bits per heavy atom. The van der Waals surface area contributed by atoms with Crippen LogP contribution in [-0.2, 0) is 0 Å². The lowest BCUT2D eigenvalue weighted by Gasteiger charge is -2.16. The number of hydrogen-bond acceptors (Lipinski definition) is 3. The SMILES string of the molecule is COc1c(Cl)cc(C(=O)N2C[C@@H](O)[C@H](F)C2)cc1Cl. The van der Waals surface area contributed by atoms with Crippen LogP contribution in [0, 0.1) is 0 Å². The number of amides is 1. The van der Waals surface area contributed by atoms with Gasteiger partial charge in [0, 0.05) is 12.1 Å². The van der Waals surface area contributed by atoms with E-state index in [0.29, 0.717) is 0 Å². The molecule has 1 aromatic carbocycles. The predicted molar refractivity (Wildman–Crippen MR) is 69.8 cm³/mol. The molecule has 4 nitrogen and oxygen atoms in total. The van der Waals surface area contributed by atoms with Crippen LogP contribution in [0.4, 0.5) is 4.39 Å². The first kappa shape index (κ1) is 14.4. The number of carbonyl (C=O) groups is 1. The summed E-state index contributed by atoms with van der Waals surface area (Å²) in [4.78, 5) is 13.4. The molecule has 1 aliphatic rings. The van der Waals surface area contributed by atoms with Crippen LogP contribution in [0.5, 0.6) is 5.75 Å².